The molecule has 0 bridgehead atoms. The van der Waals surface area contributed by atoms with Crippen molar-refractivity contribution in [3.63, 3.8) is 0 Å². The monoisotopic (exact) mass is 348 g/mol. The molecule has 5 heteroatoms. The van der Waals surface area contributed by atoms with Crippen LogP contribution in [0.25, 0.3) is 0 Å². The molecular formula is C19H32N4S. The highest BCUT2D eigenvalue weighted by molar-refractivity contribution is 7.11. The molecule has 2 aliphatic rings. The number of thiophene rings is 1. The van der Waals surface area contributed by atoms with Gasteiger partial charge in [-0.05, 0) is 64.6 Å². The molecule has 2 heterocycles. The van der Waals surface area contributed by atoms with E-state index in [1.807, 2.05) is 11.3 Å². The molecule has 1 saturated heterocycles. The molecule has 1 aliphatic carbocycles. The van der Waals surface area contributed by atoms with Gasteiger partial charge in [-0.15, -0.1) is 11.3 Å². The van der Waals surface area contributed by atoms with E-state index in [-0.39, 0.29) is 0 Å². The fourth-order valence-corrected chi connectivity index (χ4v) is 4.52. The van der Waals surface area contributed by atoms with Crippen LogP contribution < -0.4 is 10.6 Å². The van der Waals surface area contributed by atoms with E-state index in [9.17, 15) is 0 Å². The van der Waals surface area contributed by atoms with Crippen LogP contribution in [0.4, 0.5) is 0 Å². The van der Waals surface area contributed by atoms with Crippen molar-refractivity contribution < 1.29 is 0 Å². The first-order valence-corrected chi connectivity index (χ1v) is 10.3. The van der Waals surface area contributed by atoms with E-state index in [4.69, 9.17) is 4.99 Å². The van der Waals surface area contributed by atoms with Gasteiger partial charge in [-0.3, -0.25) is 4.99 Å². The summed E-state index contributed by atoms with van der Waals surface area (Å²) in [7, 11) is 0. The molecule has 2 fully saturated rings. The van der Waals surface area contributed by atoms with Crippen LogP contribution in [0.3, 0.4) is 0 Å². The third kappa shape index (κ3) is 5.21. The van der Waals surface area contributed by atoms with Crippen LogP contribution in [-0.4, -0.2) is 49.1 Å². The largest absolute Gasteiger partial charge is 0.357 e. The van der Waals surface area contributed by atoms with Crippen LogP contribution >= 0.6 is 11.3 Å². The van der Waals surface area contributed by atoms with Crippen molar-refractivity contribution in [2.24, 2.45) is 10.9 Å². The maximum absolute atomic E-state index is 4.87. The standard InChI is InChI=1S/C19H32N4S/c1-4-20-19(22-14(2)11-18-8-5-15(3)24-18)21-12-16-9-10-23(13-16)17-6-7-17/h5,8,14,16-17H,4,6-7,9-13H2,1-3H3,(H2,20,21,22). The van der Waals surface area contributed by atoms with Gasteiger partial charge in [0.2, 0.25) is 0 Å². The summed E-state index contributed by atoms with van der Waals surface area (Å²) in [6.45, 7) is 10.9. The highest BCUT2D eigenvalue weighted by Crippen LogP contribution is 2.31. The minimum absolute atomic E-state index is 0.396. The summed E-state index contributed by atoms with van der Waals surface area (Å²) in [5.74, 6) is 1.71. The van der Waals surface area contributed by atoms with Crippen LogP contribution in [0.1, 0.15) is 42.9 Å². The lowest BCUT2D eigenvalue weighted by molar-refractivity contribution is 0.315. The number of nitrogens with one attached hydrogen (secondary N) is 2. The van der Waals surface area contributed by atoms with Gasteiger partial charge in [0, 0.05) is 47.9 Å². The number of rotatable bonds is 7. The van der Waals surface area contributed by atoms with Crippen molar-refractivity contribution in [3.05, 3.63) is 21.9 Å². The molecule has 24 heavy (non-hydrogen) atoms. The van der Waals surface area contributed by atoms with Gasteiger partial charge in [0.25, 0.3) is 0 Å². The van der Waals surface area contributed by atoms with Crippen LogP contribution in [0.2, 0.25) is 0 Å². The van der Waals surface area contributed by atoms with Crippen molar-refractivity contribution in [2.45, 2.75) is 58.5 Å². The normalized spacial score (nSPS) is 23.5. The molecule has 4 nitrogen and oxygen atoms in total. The molecular weight excluding hydrogens is 316 g/mol. The van der Waals surface area contributed by atoms with Crippen LogP contribution in [0.15, 0.2) is 17.1 Å². The maximum atomic E-state index is 4.87. The van der Waals surface area contributed by atoms with E-state index in [1.165, 1.54) is 42.1 Å². The number of hydrogen-bond acceptors (Lipinski definition) is 3. The lowest BCUT2D eigenvalue weighted by Gasteiger charge is -2.18. The summed E-state index contributed by atoms with van der Waals surface area (Å²) in [5.41, 5.74) is 0. The summed E-state index contributed by atoms with van der Waals surface area (Å²) < 4.78 is 0. The minimum Gasteiger partial charge on any atom is -0.357 e. The lowest BCUT2D eigenvalue weighted by atomic mass is 10.1. The molecule has 1 aromatic rings. The Kier molecular flexibility index (Phi) is 6.17. The molecule has 1 saturated carbocycles. The molecule has 2 unspecified atom stereocenters. The number of likely N-dealkylation sites (tertiary alicyclic amines) is 1. The number of hydrogen-bond donors (Lipinski definition) is 2. The Labute approximate surface area is 150 Å². The maximum Gasteiger partial charge on any atom is 0.191 e. The predicted octanol–water partition coefficient (Wildman–Crippen LogP) is 3.03. The van der Waals surface area contributed by atoms with Gasteiger partial charge < -0.3 is 15.5 Å². The average Bonchev–Trinajstić information content (AvgIpc) is 3.15. The first-order valence-electron chi connectivity index (χ1n) is 9.48. The van der Waals surface area contributed by atoms with Crippen LogP contribution in [0.5, 0.6) is 0 Å². The van der Waals surface area contributed by atoms with Gasteiger partial charge in [-0.2, -0.15) is 0 Å². The Balaban J connectivity index is 1.47. The Hall–Kier alpha value is -1.07. The molecule has 0 spiro atoms. The number of aliphatic imine (C=N–C) groups is 1. The molecule has 3 rings (SSSR count). The van der Waals surface area contributed by atoms with E-state index in [1.54, 1.807) is 0 Å². The molecule has 134 valence electrons. The average molecular weight is 349 g/mol. The van der Waals surface area contributed by atoms with Crippen LogP contribution in [0, 0.1) is 12.8 Å². The number of guanidine groups is 1. The highest BCUT2D eigenvalue weighted by Gasteiger charge is 2.34. The highest BCUT2D eigenvalue weighted by atomic mass is 32.1. The Morgan fingerprint density at radius 3 is 2.88 bits per heavy atom. The van der Waals surface area contributed by atoms with Gasteiger partial charge in [-0.25, -0.2) is 0 Å². The molecule has 2 atom stereocenters. The first kappa shape index (κ1) is 17.7. The third-order valence-electron chi connectivity index (χ3n) is 4.92. The molecule has 0 amide bonds. The van der Waals surface area contributed by atoms with Gasteiger partial charge in [-0.1, -0.05) is 0 Å². The molecule has 1 aromatic heterocycles. The van der Waals surface area contributed by atoms with E-state index in [0.717, 1.165) is 37.4 Å². The third-order valence-corrected chi connectivity index (χ3v) is 5.94. The Bertz CT molecular complexity index is 549. The summed E-state index contributed by atoms with van der Waals surface area (Å²) in [5, 5.41) is 6.98. The minimum atomic E-state index is 0.396. The first-order chi connectivity index (χ1) is 11.6. The summed E-state index contributed by atoms with van der Waals surface area (Å²) in [6.07, 6.45) is 5.20. The van der Waals surface area contributed by atoms with Gasteiger partial charge in [0.1, 0.15) is 0 Å². The second-order valence-corrected chi connectivity index (χ2v) is 8.73. The molecule has 0 radical (unpaired) electrons. The SMILES string of the molecule is CCNC(=NCC1CCN(C2CC2)C1)NC(C)Cc1ccc(C)s1. The van der Waals surface area contributed by atoms with E-state index < -0.39 is 0 Å². The van der Waals surface area contributed by atoms with Crippen molar-refractivity contribution in [2.75, 3.05) is 26.2 Å². The van der Waals surface area contributed by atoms with Gasteiger partial charge in [0.15, 0.2) is 5.96 Å². The van der Waals surface area contributed by atoms with Gasteiger partial charge in [0.05, 0.1) is 0 Å². The number of nitrogens with zero attached hydrogens (tertiary/aromatic N) is 2. The quantitative estimate of drug-likeness (QED) is 0.588. The van der Waals surface area contributed by atoms with E-state index in [2.05, 4.69) is 48.4 Å². The zero-order valence-electron chi connectivity index (χ0n) is 15.3. The smallest absolute Gasteiger partial charge is 0.191 e. The molecule has 1 aliphatic heterocycles. The van der Waals surface area contributed by atoms with Gasteiger partial charge >= 0.3 is 0 Å². The second kappa shape index (κ2) is 8.34. The zero-order chi connectivity index (χ0) is 16.9. The lowest BCUT2D eigenvalue weighted by Crippen LogP contribution is -2.43. The molecule has 2 N–H and O–H groups in total. The zero-order valence-corrected chi connectivity index (χ0v) is 16.2. The van der Waals surface area contributed by atoms with Crippen molar-refractivity contribution in [1.29, 1.82) is 0 Å². The fourth-order valence-electron chi connectivity index (χ4n) is 3.50. The topological polar surface area (TPSA) is 39.7 Å². The second-order valence-electron chi connectivity index (χ2n) is 7.36. The summed E-state index contributed by atoms with van der Waals surface area (Å²) >= 11 is 1.89. The van der Waals surface area contributed by atoms with Crippen molar-refractivity contribution >= 4 is 17.3 Å². The van der Waals surface area contributed by atoms with Crippen molar-refractivity contribution in [3.8, 4) is 0 Å². The van der Waals surface area contributed by atoms with Crippen molar-refractivity contribution in [1.82, 2.24) is 15.5 Å². The Morgan fingerprint density at radius 1 is 1.38 bits per heavy atom. The summed E-state index contributed by atoms with van der Waals surface area (Å²) in [4.78, 5) is 10.4. The Morgan fingerprint density at radius 2 is 2.21 bits per heavy atom. The number of aryl methyl sites for hydroxylation is 1. The summed E-state index contributed by atoms with van der Waals surface area (Å²) in [6, 6.07) is 5.75. The fraction of sp³-hybridized carbons (Fsp3) is 0.737. The van der Waals surface area contributed by atoms with E-state index in [0.29, 0.717) is 6.04 Å². The molecule has 0 aromatic carbocycles. The predicted molar refractivity (Wildman–Crippen MR) is 104 cm³/mol. The van der Waals surface area contributed by atoms with Crippen LogP contribution in [-0.2, 0) is 6.42 Å². The van der Waals surface area contributed by atoms with E-state index >= 15 is 0 Å².